The van der Waals surface area contributed by atoms with Crippen LogP contribution in [0.5, 0.6) is 11.5 Å². The third-order valence-electron chi connectivity index (χ3n) is 4.85. The maximum atomic E-state index is 12.8. The number of rotatable bonds is 7. The molecule has 0 fully saturated rings. The first-order chi connectivity index (χ1) is 15.1. The summed E-state index contributed by atoms with van der Waals surface area (Å²) in [4.78, 5) is 24.9. The van der Waals surface area contributed by atoms with Gasteiger partial charge in [-0.05, 0) is 35.4 Å². The molecule has 1 N–H and O–H groups in total. The van der Waals surface area contributed by atoms with E-state index in [0.29, 0.717) is 28.8 Å². The van der Waals surface area contributed by atoms with Crippen LogP contribution in [0, 0.1) is 0 Å². The Hall–Kier alpha value is -4.06. The lowest BCUT2D eigenvalue weighted by atomic mass is 10.1. The van der Waals surface area contributed by atoms with Crippen LogP contribution < -0.4 is 20.2 Å². The van der Waals surface area contributed by atoms with E-state index >= 15 is 0 Å². The molecule has 0 saturated carbocycles. The number of benzene rings is 3. The maximum absolute atomic E-state index is 12.8. The van der Waals surface area contributed by atoms with Crippen LogP contribution in [-0.2, 0) is 11.3 Å². The highest BCUT2D eigenvalue weighted by atomic mass is 16.5. The quantitative estimate of drug-likeness (QED) is 0.490. The number of methoxy groups -OCH3 is 1. The summed E-state index contributed by atoms with van der Waals surface area (Å²) in [6.07, 6.45) is 1.45. The van der Waals surface area contributed by atoms with Gasteiger partial charge in [0.05, 0.1) is 18.1 Å². The van der Waals surface area contributed by atoms with Crippen molar-refractivity contribution in [1.82, 2.24) is 5.32 Å². The minimum Gasteiger partial charge on any atom is -0.497 e. The van der Waals surface area contributed by atoms with E-state index in [-0.39, 0.29) is 17.9 Å². The van der Waals surface area contributed by atoms with Crippen molar-refractivity contribution in [1.29, 1.82) is 0 Å². The lowest BCUT2D eigenvalue weighted by Crippen LogP contribution is -2.28. The normalized spacial score (nSPS) is 10.6. The largest absolute Gasteiger partial charge is 0.497 e. The summed E-state index contributed by atoms with van der Waals surface area (Å²) in [5, 5.41) is 3.26. The van der Waals surface area contributed by atoms with Crippen molar-refractivity contribution in [3.8, 4) is 22.6 Å². The van der Waals surface area contributed by atoms with E-state index in [0.717, 1.165) is 16.9 Å². The first-order valence-corrected chi connectivity index (χ1v) is 9.77. The standard InChI is InChI=1S/C25H21NO5/c1-29-19-9-7-17(8-10-19)14-26-24(27)16-30-20-11-12-21-23(13-20)31-15-22(25(21)28)18-5-3-2-4-6-18/h2-13,15H,14,16H2,1H3,(H,26,27). The molecule has 6 nitrogen and oxygen atoms in total. The van der Waals surface area contributed by atoms with Gasteiger partial charge in [-0.1, -0.05) is 42.5 Å². The topological polar surface area (TPSA) is 77.8 Å². The van der Waals surface area contributed by atoms with Gasteiger partial charge in [0, 0.05) is 12.6 Å². The average Bonchev–Trinajstić information content (AvgIpc) is 2.82. The summed E-state index contributed by atoms with van der Waals surface area (Å²) in [6, 6.07) is 21.7. The van der Waals surface area contributed by atoms with Gasteiger partial charge in [0.2, 0.25) is 0 Å². The van der Waals surface area contributed by atoms with Crippen molar-refractivity contribution in [2.24, 2.45) is 0 Å². The molecule has 156 valence electrons. The summed E-state index contributed by atoms with van der Waals surface area (Å²) in [5.41, 5.74) is 2.54. The molecule has 0 atom stereocenters. The maximum Gasteiger partial charge on any atom is 0.258 e. The van der Waals surface area contributed by atoms with E-state index in [1.54, 1.807) is 25.3 Å². The number of carbonyl (C=O) groups excluding carboxylic acids is 1. The lowest BCUT2D eigenvalue weighted by Gasteiger charge is -2.09. The van der Waals surface area contributed by atoms with Crippen LogP contribution in [0.15, 0.2) is 88.3 Å². The molecule has 1 aromatic heterocycles. The zero-order valence-corrected chi connectivity index (χ0v) is 17.0. The predicted molar refractivity (Wildman–Crippen MR) is 118 cm³/mol. The Morgan fingerprint density at radius 1 is 0.968 bits per heavy atom. The van der Waals surface area contributed by atoms with Crippen molar-refractivity contribution >= 4 is 16.9 Å². The molecular formula is C25H21NO5. The van der Waals surface area contributed by atoms with E-state index in [4.69, 9.17) is 13.9 Å². The van der Waals surface area contributed by atoms with Crippen molar-refractivity contribution in [2.75, 3.05) is 13.7 Å². The number of hydrogen-bond donors (Lipinski definition) is 1. The van der Waals surface area contributed by atoms with E-state index in [9.17, 15) is 9.59 Å². The molecular weight excluding hydrogens is 394 g/mol. The van der Waals surface area contributed by atoms with Gasteiger partial charge in [0.1, 0.15) is 23.3 Å². The highest BCUT2D eigenvalue weighted by Gasteiger charge is 2.10. The van der Waals surface area contributed by atoms with Crippen molar-refractivity contribution in [3.05, 3.63) is 94.8 Å². The van der Waals surface area contributed by atoms with Gasteiger partial charge in [-0.15, -0.1) is 0 Å². The third kappa shape index (κ3) is 4.75. The molecule has 0 radical (unpaired) electrons. The Balaban J connectivity index is 1.39. The Labute approximate surface area is 179 Å². The van der Waals surface area contributed by atoms with Crippen LogP contribution in [0.3, 0.4) is 0 Å². The van der Waals surface area contributed by atoms with Gasteiger partial charge in [-0.2, -0.15) is 0 Å². The SMILES string of the molecule is COc1ccc(CNC(=O)COc2ccc3c(=O)c(-c4ccccc4)coc3c2)cc1. The number of fused-ring (bicyclic) bond motifs is 1. The zero-order chi connectivity index (χ0) is 21.6. The Bertz CT molecular complexity index is 1250. The molecule has 0 aliphatic heterocycles. The van der Waals surface area contributed by atoms with Crippen LogP contribution in [0.2, 0.25) is 0 Å². The molecule has 4 aromatic rings. The number of hydrogen-bond acceptors (Lipinski definition) is 5. The summed E-state index contributed by atoms with van der Waals surface area (Å²) in [7, 11) is 1.61. The van der Waals surface area contributed by atoms with Crippen molar-refractivity contribution in [2.45, 2.75) is 6.54 Å². The first-order valence-electron chi connectivity index (χ1n) is 9.77. The van der Waals surface area contributed by atoms with Gasteiger partial charge < -0.3 is 19.2 Å². The fourth-order valence-electron chi connectivity index (χ4n) is 3.16. The summed E-state index contributed by atoms with van der Waals surface area (Å²) in [6.45, 7) is 0.245. The second-order valence-electron chi connectivity index (χ2n) is 6.92. The molecule has 1 heterocycles. The smallest absolute Gasteiger partial charge is 0.258 e. The molecule has 0 saturated heterocycles. The van der Waals surface area contributed by atoms with Gasteiger partial charge in [-0.25, -0.2) is 0 Å². The van der Waals surface area contributed by atoms with E-state index in [1.807, 2.05) is 54.6 Å². The molecule has 1 amide bonds. The van der Waals surface area contributed by atoms with Gasteiger partial charge in [0.25, 0.3) is 5.91 Å². The third-order valence-corrected chi connectivity index (χ3v) is 4.85. The Morgan fingerprint density at radius 3 is 2.45 bits per heavy atom. The van der Waals surface area contributed by atoms with Crippen molar-refractivity contribution in [3.63, 3.8) is 0 Å². The molecule has 0 spiro atoms. The fraction of sp³-hybridized carbons (Fsp3) is 0.120. The van der Waals surface area contributed by atoms with Crippen LogP contribution in [-0.4, -0.2) is 19.6 Å². The first kappa shape index (κ1) is 20.2. The summed E-state index contributed by atoms with van der Waals surface area (Å²) < 4.78 is 16.3. The number of ether oxygens (including phenoxy) is 2. The fourth-order valence-corrected chi connectivity index (χ4v) is 3.16. The molecule has 0 bridgehead atoms. The summed E-state index contributed by atoms with van der Waals surface area (Å²) >= 11 is 0. The molecule has 3 aromatic carbocycles. The molecule has 0 aliphatic rings. The van der Waals surface area contributed by atoms with E-state index < -0.39 is 0 Å². The Morgan fingerprint density at radius 2 is 1.71 bits per heavy atom. The van der Waals surface area contributed by atoms with Gasteiger partial charge in [-0.3, -0.25) is 9.59 Å². The molecule has 31 heavy (non-hydrogen) atoms. The average molecular weight is 415 g/mol. The van der Waals surface area contributed by atoms with E-state index in [1.165, 1.54) is 6.26 Å². The van der Waals surface area contributed by atoms with Crippen LogP contribution >= 0.6 is 0 Å². The van der Waals surface area contributed by atoms with E-state index in [2.05, 4.69) is 5.32 Å². The Kier molecular flexibility index (Phi) is 5.98. The zero-order valence-electron chi connectivity index (χ0n) is 17.0. The van der Waals surface area contributed by atoms with Crippen LogP contribution in [0.25, 0.3) is 22.1 Å². The lowest BCUT2D eigenvalue weighted by molar-refractivity contribution is -0.123. The number of amides is 1. The minimum absolute atomic E-state index is 0.115. The molecule has 4 rings (SSSR count). The highest BCUT2D eigenvalue weighted by Crippen LogP contribution is 2.23. The number of carbonyl (C=O) groups is 1. The predicted octanol–water partition coefficient (Wildman–Crippen LogP) is 4.16. The monoisotopic (exact) mass is 415 g/mol. The second kappa shape index (κ2) is 9.17. The molecule has 0 aliphatic carbocycles. The van der Waals surface area contributed by atoms with Crippen LogP contribution in [0.1, 0.15) is 5.56 Å². The van der Waals surface area contributed by atoms with Crippen molar-refractivity contribution < 1.29 is 18.7 Å². The van der Waals surface area contributed by atoms with Crippen LogP contribution in [0.4, 0.5) is 0 Å². The molecule has 0 unspecified atom stereocenters. The molecule has 6 heteroatoms. The number of nitrogens with one attached hydrogen (secondary N) is 1. The highest BCUT2D eigenvalue weighted by molar-refractivity contribution is 5.83. The second-order valence-corrected chi connectivity index (χ2v) is 6.92. The van der Waals surface area contributed by atoms with Gasteiger partial charge >= 0.3 is 0 Å². The minimum atomic E-state index is -0.253. The van der Waals surface area contributed by atoms with Gasteiger partial charge in [0.15, 0.2) is 12.0 Å². The summed E-state index contributed by atoms with van der Waals surface area (Å²) in [5.74, 6) is 0.955.